The Bertz CT molecular complexity index is 1700. The summed E-state index contributed by atoms with van der Waals surface area (Å²) in [6.45, 7) is -0.606. The van der Waals surface area contributed by atoms with Gasteiger partial charge in [0.25, 0.3) is 23.4 Å². The summed E-state index contributed by atoms with van der Waals surface area (Å²) in [5.41, 5.74) is 0.191. The fourth-order valence-corrected chi connectivity index (χ4v) is 8.37. The van der Waals surface area contributed by atoms with Crippen LogP contribution in [0.4, 0.5) is 5.69 Å². The lowest BCUT2D eigenvalue weighted by atomic mass is 9.81. The number of hydrogen-bond acceptors (Lipinski definition) is 8. The van der Waals surface area contributed by atoms with Crippen molar-refractivity contribution in [3.05, 3.63) is 105 Å². The number of fused-ring (bicyclic) bond motifs is 5. The Morgan fingerprint density at radius 2 is 1.36 bits per heavy atom. The second-order valence-electron chi connectivity index (χ2n) is 11.0. The lowest BCUT2D eigenvalue weighted by Crippen LogP contribution is -2.52. The average molecular weight is 760 g/mol. The largest absolute Gasteiger partial charge is 0.423 e. The molecule has 0 aromatic heterocycles. The number of nitro groups is 1. The number of benzene rings is 3. The Kier molecular flexibility index (Phi) is 8.35. The van der Waals surface area contributed by atoms with Gasteiger partial charge < -0.3 is 4.74 Å². The first kappa shape index (κ1) is 31.1. The van der Waals surface area contributed by atoms with Crippen molar-refractivity contribution in [1.82, 2.24) is 10.0 Å². The molecule has 45 heavy (non-hydrogen) atoms. The van der Waals surface area contributed by atoms with Gasteiger partial charge >= 0.3 is 5.97 Å². The molecule has 0 radical (unpaired) electrons. The van der Waals surface area contributed by atoms with Crippen molar-refractivity contribution < 1.29 is 33.6 Å². The molecule has 0 spiro atoms. The zero-order chi connectivity index (χ0) is 32.2. The number of amides is 3. The molecule has 2 saturated carbocycles. The Morgan fingerprint density at radius 1 is 0.844 bits per heavy atom. The van der Waals surface area contributed by atoms with Crippen molar-refractivity contribution in [1.29, 1.82) is 0 Å². The van der Waals surface area contributed by atoms with E-state index in [1.165, 1.54) is 72.8 Å². The van der Waals surface area contributed by atoms with Crippen molar-refractivity contribution in [3.63, 3.8) is 0 Å². The molecule has 3 amide bonds. The molecule has 3 aliphatic rings. The zero-order valence-corrected chi connectivity index (χ0v) is 27.0. The number of halogens is 3. The van der Waals surface area contributed by atoms with Crippen LogP contribution in [0.15, 0.2) is 72.8 Å². The Morgan fingerprint density at radius 3 is 1.89 bits per heavy atom. The maximum Gasteiger partial charge on any atom is 0.343 e. The van der Waals surface area contributed by atoms with Gasteiger partial charge in [0, 0.05) is 37.9 Å². The second kappa shape index (κ2) is 12.1. The molecule has 1 heterocycles. The third-order valence-electron chi connectivity index (χ3n) is 8.52. The number of ketones is 1. The summed E-state index contributed by atoms with van der Waals surface area (Å²) in [5, 5.41) is 13.0. The van der Waals surface area contributed by atoms with Gasteiger partial charge in [-0.05, 0) is 78.9 Å². The number of rotatable bonds is 8. The van der Waals surface area contributed by atoms with E-state index in [0.29, 0.717) is 11.4 Å². The number of non-ortho nitro benzene ring substituents is 1. The quantitative estimate of drug-likeness (QED) is 0.0559. The van der Waals surface area contributed by atoms with E-state index in [9.17, 15) is 34.1 Å². The van der Waals surface area contributed by atoms with Crippen molar-refractivity contribution in [3.8, 4) is 5.75 Å². The van der Waals surface area contributed by atoms with E-state index < -0.39 is 52.8 Å². The molecular weight excluding hydrogens is 738 g/mol. The van der Waals surface area contributed by atoms with Crippen molar-refractivity contribution >= 4 is 78.6 Å². The lowest BCUT2D eigenvalue weighted by molar-refractivity contribution is -0.384. The molecule has 0 N–H and O–H groups in total. The minimum atomic E-state index is -0.759. The number of ether oxygens (including phenoxy) is 1. The summed E-state index contributed by atoms with van der Waals surface area (Å²) in [4.78, 5) is 77.5. The fourth-order valence-electron chi connectivity index (χ4n) is 6.37. The highest BCUT2D eigenvalue weighted by Gasteiger charge is 2.67. The monoisotopic (exact) mass is 757 g/mol. The van der Waals surface area contributed by atoms with Crippen LogP contribution in [-0.4, -0.2) is 60.6 Å². The number of alkyl halides is 2. The van der Waals surface area contributed by atoms with Crippen LogP contribution in [0, 0.1) is 33.8 Å². The molecule has 3 aromatic carbocycles. The molecule has 230 valence electrons. The summed E-state index contributed by atoms with van der Waals surface area (Å²) in [6, 6.07) is 16.3. The first-order valence-electron chi connectivity index (χ1n) is 13.8. The van der Waals surface area contributed by atoms with Gasteiger partial charge in [0.2, 0.25) is 0 Å². The number of hydrazine groups is 1. The zero-order valence-electron chi connectivity index (χ0n) is 23.0. The van der Waals surface area contributed by atoms with E-state index in [1.807, 2.05) is 0 Å². The van der Waals surface area contributed by atoms with Crippen LogP contribution in [0.25, 0.3) is 0 Å². The van der Waals surface area contributed by atoms with E-state index >= 15 is 0 Å². The molecule has 3 aromatic rings. The first-order valence-corrected chi connectivity index (χ1v) is 16.0. The molecule has 0 unspecified atom stereocenters. The van der Waals surface area contributed by atoms with Crippen LogP contribution in [0.1, 0.15) is 37.5 Å². The third-order valence-corrected chi connectivity index (χ3v) is 12.0. The van der Waals surface area contributed by atoms with E-state index in [4.69, 9.17) is 16.3 Å². The molecule has 6 rings (SSSR count). The summed E-state index contributed by atoms with van der Waals surface area (Å²) in [5.74, 6) is -4.32. The first-order chi connectivity index (χ1) is 21.5. The van der Waals surface area contributed by atoms with Crippen LogP contribution in [-0.2, 0) is 9.59 Å². The third kappa shape index (κ3) is 5.57. The summed E-state index contributed by atoms with van der Waals surface area (Å²) < 4.78 is 5.32. The minimum absolute atomic E-state index is 0.00415. The number of hydrogen-bond donors (Lipinski definition) is 0. The molecule has 3 fully saturated rings. The van der Waals surface area contributed by atoms with Crippen molar-refractivity contribution in [2.24, 2.45) is 23.7 Å². The van der Waals surface area contributed by atoms with Crippen molar-refractivity contribution in [2.75, 3.05) is 6.54 Å². The molecule has 6 atom stereocenters. The average Bonchev–Trinajstić information content (AvgIpc) is 3.65. The molecule has 1 aliphatic heterocycles. The number of carbonyl (C=O) groups excluding carboxylic acids is 5. The smallest absolute Gasteiger partial charge is 0.343 e. The lowest BCUT2D eigenvalue weighted by Gasteiger charge is -2.31. The Balaban J connectivity index is 1.22. The molecule has 1 saturated heterocycles. The standard InChI is InChI=1S/C31H22Br2ClN3O8/c32-26-21-13-22(27(26)33)25-24(21)29(40)36(30(25)41)35(28(39)16-1-7-18(34)8-2-16)14-23(38)15-5-11-20(12-6-15)45-31(42)17-3-9-19(10-4-17)37(43)44/h1-12,21-22,24-27H,13-14H2/t21-,22-,24-,25+,26-,27+/m1/s1. The molecular formula is C31H22Br2ClN3O8. The molecule has 2 bridgehead atoms. The number of Topliss-reactive ketones (excluding diaryl/α,β-unsaturated/α-hetero) is 1. The Labute approximate surface area is 277 Å². The van der Waals surface area contributed by atoms with Crippen molar-refractivity contribution in [2.45, 2.75) is 16.1 Å². The van der Waals surface area contributed by atoms with Gasteiger partial charge in [0.05, 0.1) is 22.3 Å². The van der Waals surface area contributed by atoms with E-state index in [1.54, 1.807) is 0 Å². The second-order valence-corrected chi connectivity index (χ2v) is 13.6. The van der Waals surface area contributed by atoms with E-state index in [2.05, 4.69) is 31.9 Å². The number of nitro benzene ring substituents is 1. The van der Waals surface area contributed by atoms with Gasteiger partial charge in [-0.1, -0.05) is 43.5 Å². The van der Waals surface area contributed by atoms with Crippen LogP contribution in [0.3, 0.4) is 0 Å². The van der Waals surface area contributed by atoms with Crippen LogP contribution < -0.4 is 4.74 Å². The predicted molar refractivity (Wildman–Crippen MR) is 167 cm³/mol. The van der Waals surface area contributed by atoms with Gasteiger partial charge in [0.1, 0.15) is 12.3 Å². The summed E-state index contributed by atoms with van der Waals surface area (Å²) >= 11 is 13.3. The maximum atomic E-state index is 13.8. The van der Waals surface area contributed by atoms with Gasteiger partial charge in [-0.25, -0.2) is 9.80 Å². The number of nitrogens with zero attached hydrogens (tertiary/aromatic N) is 3. The highest BCUT2D eigenvalue weighted by molar-refractivity contribution is 9.12. The number of imide groups is 1. The SMILES string of the molecule is O=C(CN(C(=O)c1ccc(Cl)cc1)N1C(=O)[C@@H]2[C@H]3C[C@@H]([C@H](Br)[C@@H]3Br)[C@@H]2C1=O)c1ccc(OC(=O)c2ccc([N+](=O)[O-])cc2)cc1. The number of esters is 1. The maximum absolute atomic E-state index is 13.8. The normalized spacial score (nSPS) is 24.8. The van der Waals surface area contributed by atoms with Crippen LogP contribution in [0.5, 0.6) is 5.75 Å². The van der Waals surface area contributed by atoms with Crippen LogP contribution >= 0.6 is 43.5 Å². The Hall–Kier alpha value is -3.94. The molecule has 11 nitrogen and oxygen atoms in total. The predicted octanol–water partition coefficient (Wildman–Crippen LogP) is 5.49. The minimum Gasteiger partial charge on any atom is -0.423 e. The van der Waals surface area contributed by atoms with Gasteiger partial charge in [-0.3, -0.25) is 29.3 Å². The van der Waals surface area contributed by atoms with Gasteiger partial charge in [-0.15, -0.1) is 0 Å². The molecule has 2 aliphatic carbocycles. The fraction of sp³-hybridized carbons (Fsp3) is 0.258. The highest BCUT2D eigenvalue weighted by atomic mass is 79.9. The van der Waals surface area contributed by atoms with Gasteiger partial charge in [-0.2, -0.15) is 5.01 Å². The number of carbonyl (C=O) groups is 5. The van der Waals surface area contributed by atoms with E-state index in [0.717, 1.165) is 10.0 Å². The van der Waals surface area contributed by atoms with Gasteiger partial charge in [0.15, 0.2) is 5.78 Å². The van der Waals surface area contributed by atoms with E-state index in [-0.39, 0.29) is 49.6 Å². The summed E-state index contributed by atoms with van der Waals surface area (Å²) in [6.07, 6.45) is 0.706. The summed E-state index contributed by atoms with van der Waals surface area (Å²) in [7, 11) is 0. The van der Waals surface area contributed by atoms with Crippen LogP contribution in [0.2, 0.25) is 5.02 Å². The topological polar surface area (TPSA) is 144 Å². The molecule has 14 heteroatoms. The highest BCUT2D eigenvalue weighted by Crippen LogP contribution is 2.60.